The Hall–Kier alpha value is -0.470. The van der Waals surface area contributed by atoms with E-state index in [1.165, 1.54) is 6.92 Å². The van der Waals surface area contributed by atoms with E-state index in [0.29, 0.717) is 0 Å². The molecule has 0 aromatic carbocycles. The maximum atomic E-state index is 12.6. The van der Waals surface area contributed by atoms with Gasteiger partial charge < -0.3 is 0 Å². The van der Waals surface area contributed by atoms with Gasteiger partial charge in [-0.2, -0.15) is 0 Å². The number of ketones is 1. The maximum Gasteiger partial charge on any atom is 0.248 e. The number of carbonyl (C=O) groups excluding carboxylic acids is 1. The first-order valence-electron chi connectivity index (χ1n) is 4.89. The monoisotopic (exact) mass is 190 g/mol. The van der Waals surface area contributed by atoms with Gasteiger partial charge in [-0.1, -0.05) is 13.8 Å². The number of carbonyl (C=O) groups is 1. The fourth-order valence-electron chi connectivity index (χ4n) is 2.38. The van der Waals surface area contributed by atoms with Gasteiger partial charge in [-0.05, 0) is 18.8 Å². The summed E-state index contributed by atoms with van der Waals surface area (Å²) in [6.45, 7) is 5.50. The van der Waals surface area contributed by atoms with Crippen molar-refractivity contribution in [2.24, 2.45) is 17.8 Å². The molecule has 2 saturated carbocycles. The zero-order valence-electron chi connectivity index (χ0n) is 8.31. The van der Waals surface area contributed by atoms with Crippen LogP contribution in [0.25, 0.3) is 0 Å². The maximum absolute atomic E-state index is 12.6. The Kier molecular flexibility index (Phi) is 2.74. The van der Waals surface area contributed by atoms with Gasteiger partial charge in [0.15, 0.2) is 0 Å². The van der Waals surface area contributed by atoms with Crippen LogP contribution in [0.5, 0.6) is 0 Å². The second kappa shape index (κ2) is 3.35. The topological polar surface area (TPSA) is 17.1 Å². The van der Waals surface area contributed by atoms with Crippen LogP contribution < -0.4 is 0 Å². The van der Waals surface area contributed by atoms with E-state index in [0.717, 1.165) is 0 Å². The lowest BCUT2D eigenvalue weighted by Gasteiger charge is -2.10. The Balaban J connectivity index is 0.000000396. The molecular weight excluding hydrogens is 174 g/mol. The standard InChI is InChI=1S/C8H10F2O.C2H6/c1-4(11)7-5-2-8(9,10)3-6(5)7;1-2/h5-7H,2-3H2,1H3;1-2H3. The van der Waals surface area contributed by atoms with Crippen LogP contribution in [0.15, 0.2) is 0 Å². The molecule has 0 aromatic heterocycles. The van der Waals surface area contributed by atoms with Crippen LogP contribution in [0.2, 0.25) is 0 Å². The zero-order valence-corrected chi connectivity index (χ0v) is 8.31. The fourth-order valence-corrected chi connectivity index (χ4v) is 2.38. The van der Waals surface area contributed by atoms with Gasteiger partial charge in [0.05, 0.1) is 0 Å². The van der Waals surface area contributed by atoms with Crippen molar-refractivity contribution in [2.45, 2.75) is 39.5 Å². The minimum absolute atomic E-state index is 0.0162. The fraction of sp³-hybridized carbons (Fsp3) is 0.900. The van der Waals surface area contributed by atoms with E-state index >= 15 is 0 Å². The summed E-state index contributed by atoms with van der Waals surface area (Å²) in [5, 5.41) is 0. The molecule has 1 nitrogen and oxygen atoms in total. The van der Waals surface area contributed by atoms with Gasteiger partial charge >= 0.3 is 0 Å². The molecular formula is C10H16F2O. The van der Waals surface area contributed by atoms with E-state index in [9.17, 15) is 13.6 Å². The lowest BCUT2D eigenvalue weighted by atomic mass is 10.1. The van der Waals surface area contributed by atoms with Crippen LogP contribution in [-0.2, 0) is 4.79 Å². The molecule has 0 spiro atoms. The summed E-state index contributed by atoms with van der Waals surface area (Å²) in [5.41, 5.74) is 0. The normalized spacial score (nSPS) is 38.7. The smallest absolute Gasteiger partial charge is 0.248 e. The third kappa shape index (κ3) is 1.89. The molecule has 0 amide bonds. The first-order valence-corrected chi connectivity index (χ1v) is 4.89. The molecule has 0 bridgehead atoms. The van der Waals surface area contributed by atoms with E-state index in [-0.39, 0.29) is 36.4 Å². The summed E-state index contributed by atoms with van der Waals surface area (Å²) < 4.78 is 25.1. The highest BCUT2D eigenvalue weighted by atomic mass is 19.3. The van der Waals surface area contributed by atoms with Crippen LogP contribution in [0, 0.1) is 17.8 Å². The van der Waals surface area contributed by atoms with Gasteiger partial charge in [0.2, 0.25) is 5.92 Å². The molecule has 2 rings (SSSR count). The van der Waals surface area contributed by atoms with E-state index < -0.39 is 5.92 Å². The average Bonchev–Trinajstić information content (AvgIpc) is 2.55. The lowest BCUT2D eigenvalue weighted by molar-refractivity contribution is -0.119. The number of hydrogen-bond donors (Lipinski definition) is 0. The third-order valence-corrected chi connectivity index (χ3v) is 2.87. The van der Waals surface area contributed by atoms with Crippen molar-refractivity contribution < 1.29 is 13.6 Å². The van der Waals surface area contributed by atoms with Crippen molar-refractivity contribution in [3.05, 3.63) is 0 Å². The Bertz CT molecular complexity index is 199. The highest BCUT2D eigenvalue weighted by Crippen LogP contribution is 2.62. The van der Waals surface area contributed by atoms with Gasteiger partial charge in [0.1, 0.15) is 5.78 Å². The van der Waals surface area contributed by atoms with Crippen molar-refractivity contribution >= 4 is 5.78 Å². The molecule has 13 heavy (non-hydrogen) atoms. The summed E-state index contributed by atoms with van der Waals surface area (Å²) >= 11 is 0. The van der Waals surface area contributed by atoms with Crippen LogP contribution in [-0.4, -0.2) is 11.7 Å². The zero-order chi connectivity index (χ0) is 10.2. The molecule has 76 valence electrons. The molecule has 0 N–H and O–H groups in total. The number of halogens is 2. The molecule has 0 saturated heterocycles. The van der Waals surface area contributed by atoms with Crippen LogP contribution in [0.1, 0.15) is 33.6 Å². The second-order valence-corrected chi connectivity index (χ2v) is 3.73. The number of rotatable bonds is 1. The Morgan fingerprint density at radius 1 is 1.23 bits per heavy atom. The highest BCUT2D eigenvalue weighted by Gasteiger charge is 2.64. The molecule has 2 atom stereocenters. The minimum Gasteiger partial charge on any atom is -0.300 e. The van der Waals surface area contributed by atoms with Crippen molar-refractivity contribution in [2.75, 3.05) is 0 Å². The van der Waals surface area contributed by atoms with E-state index in [4.69, 9.17) is 0 Å². The molecule has 0 aliphatic heterocycles. The predicted molar refractivity (Wildman–Crippen MR) is 46.7 cm³/mol. The summed E-state index contributed by atoms with van der Waals surface area (Å²) in [6.07, 6.45) is -0.107. The van der Waals surface area contributed by atoms with Crippen LogP contribution in [0.3, 0.4) is 0 Å². The Morgan fingerprint density at radius 3 is 1.92 bits per heavy atom. The van der Waals surface area contributed by atoms with Gasteiger partial charge in [-0.15, -0.1) is 0 Å². The predicted octanol–water partition coefficient (Wildman–Crippen LogP) is 2.89. The van der Waals surface area contributed by atoms with Crippen molar-refractivity contribution in [1.29, 1.82) is 0 Å². The third-order valence-electron chi connectivity index (χ3n) is 2.87. The van der Waals surface area contributed by atoms with Gasteiger partial charge in [0.25, 0.3) is 0 Å². The average molecular weight is 190 g/mol. The number of Topliss-reactive ketones (excluding diaryl/α,β-unsaturated/α-hetero) is 1. The Morgan fingerprint density at radius 2 is 1.62 bits per heavy atom. The molecule has 2 unspecified atom stereocenters. The molecule has 2 aliphatic carbocycles. The summed E-state index contributed by atoms with van der Waals surface area (Å²) in [6, 6.07) is 0. The quantitative estimate of drug-likeness (QED) is 0.621. The molecule has 0 aromatic rings. The van der Waals surface area contributed by atoms with Crippen molar-refractivity contribution in [3.63, 3.8) is 0 Å². The van der Waals surface area contributed by atoms with E-state index in [1.54, 1.807) is 0 Å². The van der Waals surface area contributed by atoms with Gasteiger partial charge in [-0.25, -0.2) is 8.78 Å². The van der Waals surface area contributed by atoms with Gasteiger partial charge in [-0.3, -0.25) is 4.79 Å². The van der Waals surface area contributed by atoms with E-state index in [2.05, 4.69) is 0 Å². The number of hydrogen-bond acceptors (Lipinski definition) is 1. The van der Waals surface area contributed by atoms with Crippen molar-refractivity contribution in [1.82, 2.24) is 0 Å². The SMILES string of the molecule is CC.CC(=O)C1C2CC(F)(F)CC21. The first kappa shape index (κ1) is 10.6. The van der Waals surface area contributed by atoms with Crippen molar-refractivity contribution in [3.8, 4) is 0 Å². The Labute approximate surface area is 77.5 Å². The van der Waals surface area contributed by atoms with Gasteiger partial charge in [0, 0.05) is 18.8 Å². The van der Waals surface area contributed by atoms with E-state index in [1.807, 2.05) is 13.8 Å². The molecule has 0 heterocycles. The molecule has 2 fully saturated rings. The van der Waals surface area contributed by atoms with Crippen LogP contribution >= 0.6 is 0 Å². The van der Waals surface area contributed by atoms with Crippen LogP contribution in [0.4, 0.5) is 8.78 Å². The number of alkyl halides is 2. The lowest BCUT2D eigenvalue weighted by Crippen LogP contribution is -2.16. The molecule has 2 aliphatic rings. The number of fused-ring (bicyclic) bond motifs is 1. The highest BCUT2D eigenvalue weighted by molar-refractivity contribution is 5.82. The summed E-state index contributed by atoms with van der Waals surface area (Å²) in [4.78, 5) is 10.8. The summed E-state index contributed by atoms with van der Waals surface area (Å²) in [7, 11) is 0. The molecule has 3 heteroatoms. The minimum atomic E-state index is -2.47. The largest absolute Gasteiger partial charge is 0.300 e. The molecule has 0 radical (unpaired) electrons. The summed E-state index contributed by atoms with van der Waals surface area (Å²) in [5.74, 6) is -2.36. The first-order chi connectivity index (χ1) is 6.01. The second-order valence-electron chi connectivity index (χ2n) is 3.73.